The number of nitrogens with zero attached hydrogens (tertiary/aromatic N) is 4. The second-order valence-electron chi connectivity index (χ2n) is 7.01. The van der Waals surface area contributed by atoms with E-state index in [2.05, 4.69) is 15.3 Å². The van der Waals surface area contributed by atoms with Crippen molar-refractivity contribution in [2.75, 3.05) is 18.0 Å². The van der Waals surface area contributed by atoms with Crippen LogP contribution in [0, 0.1) is 5.92 Å². The van der Waals surface area contributed by atoms with Gasteiger partial charge in [0.25, 0.3) is 0 Å². The fourth-order valence-corrected chi connectivity index (χ4v) is 2.59. The first-order chi connectivity index (χ1) is 11.8. The maximum absolute atomic E-state index is 12.1. The number of nitrogens with one attached hydrogen (secondary N) is 1. The van der Waals surface area contributed by atoms with Crippen molar-refractivity contribution >= 4 is 17.7 Å². The minimum absolute atomic E-state index is 0.0257. The SMILES string of the molecule is CC(C)(C)OC(=O)NCc1ccc(N2CC(CN=[N+]=[N-])CC2=O)cc1. The molecule has 1 atom stereocenters. The third-order valence-corrected chi connectivity index (χ3v) is 3.69. The van der Waals surface area contributed by atoms with Crippen LogP contribution in [0.25, 0.3) is 10.4 Å². The lowest BCUT2D eigenvalue weighted by Crippen LogP contribution is -2.32. The molecule has 8 nitrogen and oxygen atoms in total. The summed E-state index contributed by atoms with van der Waals surface area (Å²) in [5.74, 6) is 0.0784. The van der Waals surface area contributed by atoms with E-state index in [0.29, 0.717) is 26.1 Å². The Morgan fingerprint density at radius 1 is 1.40 bits per heavy atom. The summed E-state index contributed by atoms with van der Waals surface area (Å²) in [5.41, 5.74) is 9.56. The molecule has 0 aromatic heterocycles. The van der Waals surface area contributed by atoms with Gasteiger partial charge in [-0.15, -0.1) is 0 Å². The molecule has 0 saturated carbocycles. The number of hydrogen-bond acceptors (Lipinski definition) is 4. The standard InChI is InChI=1S/C17H23N5O3/c1-17(2,3)25-16(24)19-9-12-4-6-14(7-5-12)22-11-13(8-15(22)23)10-20-21-18/h4-7,13H,8-11H2,1-3H3,(H,19,24). The number of rotatable bonds is 5. The molecule has 1 aromatic rings. The molecular weight excluding hydrogens is 322 g/mol. The highest BCUT2D eigenvalue weighted by atomic mass is 16.6. The summed E-state index contributed by atoms with van der Waals surface area (Å²) in [6.45, 7) is 6.66. The molecule has 0 radical (unpaired) electrons. The minimum atomic E-state index is -0.532. The second kappa shape index (κ2) is 7.90. The minimum Gasteiger partial charge on any atom is -0.444 e. The number of carbonyl (C=O) groups is 2. The molecule has 0 bridgehead atoms. The van der Waals surface area contributed by atoms with Gasteiger partial charge in [-0.2, -0.15) is 0 Å². The van der Waals surface area contributed by atoms with Gasteiger partial charge in [0.2, 0.25) is 5.91 Å². The van der Waals surface area contributed by atoms with Gasteiger partial charge in [0.1, 0.15) is 5.60 Å². The zero-order valence-corrected chi connectivity index (χ0v) is 14.7. The molecule has 2 amide bonds. The van der Waals surface area contributed by atoms with E-state index in [0.717, 1.165) is 11.3 Å². The Bertz CT molecular complexity index is 675. The average molecular weight is 345 g/mol. The fraction of sp³-hybridized carbons (Fsp3) is 0.529. The van der Waals surface area contributed by atoms with E-state index in [1.807, 2.05) is 45.0 Å². The number of carbonyl (C=O) groups excluding carboxylic acids is 2. The molecule has 0 aliphatic carbocycles. The number of benzene rings is 1. The monoisotopic (exact) mass is 345 g/mol. The van der Waals surface area contributed by atoms with Crippen molar-refractivity contribution in [2.24, 2.45) is 11.0 Å². The predicted molar refractivity (Wildman–Crippen MR) is 94.0 cm³/mol. The van der Waals surface area contributed by atoms with Gasteiger partial charge in [-0.3, -0.25) is 4.79 Å². The van der Waals surface area contributed by atoms with Crippen molar-refractivity contribution in [1.29, 1.82) is 0 Å². The van der Waals surface area contributed by atoms with Crippen molar-refractivity contribution in [1.82, 2.24) is 5.32 Å². The van der Waals surface area contributed by atoms with Crippen LogP contribution in [-0.2, 0) is 16.1 Å². The van der Waals surface area contributed by atoms with Crippen molar-refractivity contribution in [2.45, 2.75) is 39.3 Å². The Kier molecular flexibility index (Phi) is 5.88. The summed E-state index contributed by atoms with van der Waals surface area (Å²) in [5, 5.41) is 6.24. The third kappa shape index (κ3) is 5.69. The lowest BCUT2D eigenvalue weighted by molar-refractivity contribution is -0.117. The largest absolute Gasteiger partial charge is 0.444 e. The Morgan fingerprint density at radius 3 is 2.68 bits per heavy atom. The van der Waals surface area contributed by atoms with Crippen LogP contribution in [0.1, 0.15) is 32.8 Å². The normalized spacial score (nSPS) is 17.2. The van der Waals surface area contributed by atoms with Crippen LogP contribution < -0.4 is 10.2 Å². The first-order valence-corrected chi connectivity index (χ1v) is 8.15. The van der Waals surface area contributed by atoms with Crippen LogP contribution in [0.15, 0.2) is 29.4 Å². The number of hydrogen-bond donors (Lipinski definition) is 1. The molecular formula is C17H23N5O3. The summed E-state index contributed by atoms with van der Waals surface area (Å²) in [6, 6.07) is 7.42. The molecule has 8 heteroatoms. The smallest absolute Gasteiger partial charge is 0.407 e. The molecule has 1 fully saturated rings. The van der Waals surface area contributed by atoms with Crippen LogP contribution in [0.5, 0.6) is 0 Å². The number of amides is 2. The van der Waals surface area contributed by atoms with Gasteiger partial charge in [-0.1, -0.05) is 17.2 Å². The molecule has 1 aliphatic rings. The highest BCUT2D eigenvalue weighted by Gasteiger charge is 2.29. The van der Waals surface area contributed by atoms with E-state index in [4.69, 9.17) is 10.3 Å². The number of anilines is 1. The van der Waals surface area contributed by atoms with Crippen LogP contribution >= 0.6 is 0 Å². The van der Waals surface area contributed by atoms with Crippen LogP contribution in [0.4, 0.5) is 10.5 Å². The molecule has 134 valence electrons. The van der Waals surface area contributed by atoms with Crippen molar-refractivity contribution < 1.29 is 14.3 Å². The van der Waals surface area contributed by atoms with Crippen LogP contribution in [0.2, 0.25) is 0 Å². The average Bonchev–Trinajstić information content (AvgIpc) is 2.91. The lowest BCUT2D eigenvalue weighted by Gasteiger charge is -2.20. The predicted octanol–water partition coefficient (Wildman–Crippen LogP) is 3.37. The van der Waals surface area contributed by atoms with Gasteiger partial charge < -0.3 is 15.0 Å². The van der Waals surface area contributed by atoms with E-state index in [9.17, 15) is 9.59 Å². The van der Waals surface area contributed by atoms with Crippen molar-refractivity contribution in [3.8, 4) is 0 Å². The molecule has 1 N–H and O–H groups in total. The zero-order valence-electron chi connectivity index (χ0n) is 14.7. The molecule has 2 rings (SSSR count). The van der Waals surface area contributed by atoms with Gasteiger partial charge in [0.05, 0.1) is 0 Å². The number of ether oxygens (including phenoxy) is 1. The third-order valence-electron chi connectivity index (χ3n) is 3.69. The van der Waals surface area contributed by atoms with Gasteiger partial charge in [-0.25, -0.2) is 4.79 Å². The van der Waals surface area contributed by atoms with E-state index in [1.54, 1.807) is 4.90 Å². The Hall–Kier alpha value is -2.73. The summed E-state index contributed by atoms with van der Waals surface area (Å²) in [4.78, 5) is 28.2. The molecule has 1 saturated heterocycles. The molecule has 25 heavy (non-hydrogen) atoms. The highest BCUT2D eigenvalue weighted by molar-refractivity contribution is 5.95. The van der Waals surface area contributed by atoms with Crippen molar-refractivity contribution in [3.63, 3.8) is 0 Å². The van der Waals surface area contributed by atoms with E-state index in [-0.39, 0.29) is 11.8 Å². The summed E-state index contributed by atoms with van der Waals surface area (Å²) in [7, 11) is 0. The molecule has 1 aliphatic heterocycles. The summed E-state index contributed by atoms with van der Waals surface area (Å²) >= 11 is 0. The Labute approximate surface area is 146 Å². The second-order valence-corrected chi connectivity index (χ2v) is 7.01. The molecule has 1 heterocycles. The van der Waals surface area contributed by atoms with Gasteiger partial charge in [-0.05, 0) is 49.9 Å². The topological polar surface area (TPSA) is 107 Å². The quantitative estimate of drug-likeness (QED) is 0.502. The van der Waals surface area contributed by atoms with Gasteiger partial charge in [0, 0.05) is 36.7 Å². The Morgan fingerprint density at radius 2 is 2.08 bits per heavy atom. The zero-order chi connectivity index (χ0) is 18.4. The van der Waals surface area contributed by atoms with Crippen molar-refractivity contribution in [3.05, 3.63) is 40.3 Å². The van der Waals surface area contributed by atoms with E-state index in [1.165, 1.54) is 0 Å². The first kappa shape index (κ1) is 18.6. The molecule has 1 aromatic carbocycles. The van der Waals surface area contributed by atoms with Crippen LogP contribution in [0.3, 0.4) is 0 Å². The van der Waals surface area contributed by atoms with E-state index < -0.39 is 11.7 Å². The summed E-state index contributed by atoms with van der Waals surface area (Å²) in [6.07, 6.45) is -0.0757. The highest BCUT2D eigenvalue weighted by Crippen LogP contribution is 2.25. The lowest BCUT2D eigenvalue weighted by atomic mass is 10.1. The van der Waals surface area contributed by atoms with E-state index >= 15 is 0 Å². The first-order valence-electron chi connectivity index (χ1n) is 8.15. The van der Waals surface area contributed by atoms with Gasteiger partial charge >= 0.3 is 6.09 Å². The molecule has 1 unspecified atom stereocenters. The number of alkyl carbamates (subject to hydrolysis) is 1. The summed E-state index contributed by atoms with van der Waals surface area (Å²) < 4.78 is 5.19. The Balaban J connectivity index is 1.90. The maximum atomic E-state index is 12.1. The molecule has 0 spiro atoms. The van der Waals surface area contributed by atoms with Gasteiger partial charge in [0.15, 0.2) is 0 Å². The van der Waals surface area contributed by atoms with Crippen LogP contribution in [-0.4, -0.2) is 30.7 Å². The maximum Gasteiger partial charge on any atom is 0.407 e. The fourth-order valence-electron chi connectivity index (χ4n) is 2.59. The number of azide groups is 1.